The second-order valence-corrected chi connectivity index (χ2v) is 6.56. The molecule has 4 rings (SSSR count). The van der Waals surface area contributed by atoms with Crippen molar-refractivity contribution in [3.63, 3.8) is 0 Å². The molecule has 2 aromatic rings. The van der Waals surface area contributed by atoms with E-state index in [0.29, 0.717) is 0 Å². The van der Waals surface area contributed by atoms with Crippen LogP contribution in [0.5, 0.6) is 5.75 Å². The second-order valence-electron chi connectivity index (χ2n) is 6.56. The van der Waals surface area contributed by atoms with Crippen LogP contribution in [0.1, 0.15) is 30.0 Å². The lowest BCUT2D eigenvalue weighted by molar-refractivity contribution is -0.124. The SMILES string of the molecule is COc1ccc(/C=C/C(=O)N2C(=O)OC3(CC3)[C@H]2c2ccccc2)cc1. The van der Waals surface area contributed by atoms with Gasteiger partial charge in [0.25, 0.3) is 5.91 Å². The number of rotatable bonds is 4. The molecule has 0 N–H and O–H groups in total. The molecule has 0 unspecified atom stereocenters. The highest BCUT2D eigenvalue weighted by Crippen LogP contribution is 2.56. The molecule has 2 aromatic carbocycles. The smallest absolute Gasteiger partial charge is 0.418 e. The van der Waals surface area contributed by atoms with Gasteiger partial charge in [-0.05, 0) is 42.2 Å². The van der Waals surface area contributed by atoms with E-state index < -0.39 is 11.7 Å². The van der Waals surface area contributed by atoms with Gasteiger partial charge in [-0.15, -0.1) is 0 Å². The van der Waals surface area contributed by atoms with E-state index in [9.17, 15) is 9.59 Å². The molecule has 1 saturated heterocycles. The lowest BCUT2D eigenvalue weighted by Gasteiger charge is -2.22. The van der Waals surface area contributed by atoms with Gasteiger partial charge < -0.3 is 9.47 Å². The Kier molecular flexibility index (Phi) is 3.99. The fourth-order valence-electron chi connectivity index (χ4n) is 3.39. The summed E-state index contributed by atoms with van der Waals surface area (Å²) in [5.74, 6) is 0.375. The van der Waals surface area contributed by atoms with Gasteiger partial charge in [-0.1, -0.05) is 42.5 Å². The minimum Gasteiger partial charge on any atom is -0.497 e. The van der Waals surface area contributed by atoms with Gasteiger partial charge in [-0.2, -0.15) is 0 Å². The van der Waals surface area contributed by atoms with Crippen molar-refractivity contribution in [1.29, 1.82) is 0 Å². The molecule has 0 aromatic heterocycles. The van der Waals surface area contributed by atoms with Crippen LogP contribution in [0.2, 0.25) is 0 Å². The van der Waals surface area contributed by atoms with E-state index in [1.165, 1.54) is 11.0 Å². The maximum atomic E-state index is 12.8. The van der Waals surface area contributed by atoms with E-state index in [1.807, 2.05) is 54.6 Å². The topological polar surface area (TPSA) is 55.8 Å². The number of carbonyl (C=O) groups is 2. The lowest BCUT2D eigenvalue weighted by atomic mass is 9.99. The van der Waals surface area contributed by atoms with Gasteiger partial charge in [-0.3, -0.25) is 4.79 Å². The van der Waals surface area contributed by atoms with Crippen molar-refractivity contribution in [2.75, 3.05) is 7.11 Å². The minimum atomic E-state index is -0.569. The van der Waals surface area contributed by atoms with Crippen molar-refractivity contribution in [2.24, 2.45) is 0 Å². The molecule has 1 spiro atoms. The number of methoxy groups -OCH3 is 1. The van der Waals surface area contributed by atoms with Gasteiger partial charge >= 0.3 is 6.09 Å². The van der Waals surface area contributed by atoms with E-state index in [2.05, 4.69) is 0 Å². The lowest BCUT2D eigenvalue weighted by Crippen LogP contribution is -2.34. The third kappa shape index (κ3) is 2.86. The van der Waals surface area contributed by atoms with E-state index >= 15 is 0 Å². The number of ether oxygens (including phenoxy) is 2. The van der Waals surface area contributed by atoms with Gasteiger partial charge in [0.1, 0.15) is 17.4 Å². The number of hydrogen-bond acceptors (Lipinski definition) is 4. The molecule has 1 aliphatic heterocycles. The zero-order valence-electron chi connectivity index (χ0n) is 14.4. The van der Waals surface area contributed by atoms with E-state index in [-0.39, 0.29) is 11.9 Å². The van der Waals surface area contributed by atoms with Crippen LogP contribution in [0.3, 0.4) is 0 Å². The third-order valence-electron chi connectivity index (χ3n) is 4.87. The zero-order chi connectivity index (χ0) is 18.1. The quantitative estimate of drug-likeness (QED) is 0.784. The standard InChI is InChI=1S/C21H19NO4/c1-25-17-10-7-15(8-11-17)9-12-18(23)22-19(16-5-3-2-4-6-16)21(13-14-21)26-20(22)24/h2-12,19H,13-14H2,1H3/b12-9+/t19-/m1/s1. The number of imide groups is 1. The molecule has 132 valence electrons. The summed E-state index contributed by atoms with van der Waals surface area (Å²) in [5, 5.41) is 0. The molecule has 2 fully saturated rings. The Bertz CT molecular complexity index is 853. The van der Waals surface area contributed by atoms with Crippen LogP contribution in [0, 0.1) is 0 Å². The normalized spacial score (nSPS) is 20.4. The number of carbonyl (C=O) groups excluding carboxylic acids is 2. The van der Waals surface area contributed by atoms with E-state index in [4.69, 9.17) is 9.47 Å². The summed E-state index contributed by atoms with van der Waals surface area (Å²) < 4.78 is 10.7. The summed E-state index contributed by atoms with van der Waals surface area (Å²) in [6.07, 6.45) is 4.10. The van der Waals surface area contributed by atoms with Crippen LogP contribution in [0.15, 0.2) is 60.7 Å². The molecule has 5 heteroatoms. The van der Waals surface area contributed by atoms with Crippen LogP contribution >= 0.6 is 0 Å². The minimum absolute atomic E-state index is 0.371. The van der Waals surface area contributed by atoms with Crippen molar-refractivity contribution >= 4 is 18.1 Å². The summed E-state index contributed by atoms with van der Waals surface area (Å²) >= 11 is 0. The second kappa shape index (κ2) is 6.33. The van der Waals surface area contributed by atoms with Crippen molar-refractivity contribution < 1.29 is 19.1 Å². The van der Waals surface area contributed by atoms with Crippen LogP contribution in [0.4, 0.5) is 4.79 Å². The van der Waals surface area contributed by atoms with Crippen LogP contribution < -0.4 is 4.74 Å². The third-order valence-corrected chi connectivity index (χ3v) is 4.87. The molecule has 1 atom stereocenters. The maximum absolute atomic E-state index is 12.8. The molecule has 26 heavy (non-hydrogen) atoms. The molecular formula is C21H19NO4. The first-order valence-electron chi connectivity index (χ1n) is 8.56. The molecule has 1 saturated carbocycles. The molecular weight excluding hydrogens is 330 g/mol. The van der Waals surface area contributed by atoms with Gasteiger partial charge in [0.15, 0.2) is 0 Å². The maximum Gasteiger partial charge on any atom is 0.418 e. The fraction of sp³-hybridized carbons (Fsp3) is 0.238. The summed E-state index contributed by atoms with van der Waals surface area (Å²) in [7, 11) is 1.60. The average molecular weight is 349 g/mol. The molecule has 0 radical (unpaired) electrons. The predicted molar refractivity (Wildman–Crippen MR) is 96.5 cm³/mol. The number of benzene rings is 2. The Morgan fingerprint density at radius 1 is 1.15 bits per heavy atom. The van der Waals surface area contributed by atoms with Crippen molar-refractivity contribution in [3.05, 3.63) is 71.8 Å². The Morgan fingerprint density at radius 2 is 1.85 bits per heavy atom. The molecule has 1 heterocycles. The van der Waals surface area contributed by atoms with Crippen molar-refractivity contribution in [3.8, 4) is 5.75 Å². The highest BCUT2D eigenvalue weighted by molar-refractivity contribution is 6.02. The summed E-state index contributed by atoms with van der Waals surface area (Å²) in [6.45, 7) is 0. The van der Waals surface area contributed by atoms with Gasteiger partial charge in [-0.25, -0.2) is 9.69 Å². The van der Waals surface area contributed by atoms with Crippen molar-refractivity contribution in [2.45, 2.75) is 24.5 Å². The highest BCUT2D eigenvalue weighted by atomic mass is 16.6. The molecule has 2 amide bonds. The molecule has 5 nitrogen and oxygen atoms in total. The summed E-state index contributed by atoms with van der Waals surface area (Å²) in [4.78, 5) is 26.4. The Hall–Kier alpha value is -3.08. The largest absolute Gasteiger partial charge is 0.497 e. The summed E-state index contributed by atoms with van der Waals surface area (Å²) in [6, 6.07) is 16.6. The highest BCUT2D eigenvalue weighted by Gasteiger charge is 2.63. The first-order valence-corrected chi connectivity index (χ1v) is 8.56. The van der Waals surface area contributed by atoms with E-state index in [0.717, 1.165) is 29.7 Å². The van der Waals surface area contributed by atoms with Crippen LogP contribution in [-0.4, -0.2) is 29.6 Å². The van der Waals surface area contributed by atoms with Gasteiger partial charge in [0, 0.05) is 6.08 Å². The fourth-order valence-corrected chi connectivity index (χ4v) is 3.39. The van der Waals surface area contributed by atoms with Gasteiger partial charge in [0.05, 0.1) is 7.11 Å². The molecule has 2 aliphatic rings. The van der Waals surface area contributed by atoms with E-state index in [1.54, 1.807) is 13.2 Å². The number of amides is 2. The Balaban J connectivity index is 1.59. The molecule has 0 bridgehead atoms. The first-order chi connectivity index (χ1) is 12.6. The number of nitrogens with zero attached hydrogens (tertiary/aromatic N) is 1. The van der Waals surface area contributed by atoms with Crippen molar-refractivity contribution in [1.82, 2.24) is 4.90 Å². The van der Waals surface area contributed by atoms with Crippen LogP contribution in [-0.2, 0) is 9.53 Å². The van der Waals surface area contributed by atoms with Crippen LogP contribution in [0.25, 0.3) is 6.08 Å². The monoisotopic (exact) mass is 349 g/mol. The Labute approximate surface area is 151 Å². The summed E-state index contributed by atoms with van der Waals surface area (Å²) in [5.41, 5.74) is 1.22. The first kappa shape index (κ1) is 16.4. The molecule has 1 aliphatic carbocycles. The zero-order valence-corrected chi connectivity index (χ0v) is 14.4. The Morgan fingerprint density at radius 3 is 2.46 bits per heavy atom. The van der Waals surface area contributed by atoms with Gasteiger partial charge in [0.2, 0.25) is 0 Å². The number of hydrogen-bond donors (Lipinski definition) is 0. The average Bonchev–Trinajstić information content (AvgIpc) is 3.37. The predicted octanol–water partition coefficient (Wildman–Crippen LogP) is 3.96.